The number of hydrogen-bond donors (Lipinski definition) is 2. The zero-order valence-corrected chi connectivity index (χ0v) is 15.8. The van der Waals surface area contributed by atoms with E-state index in [1.54, 1.807) is 0 Å². The molecule has 31 heavy (non-hydrogen) atoms. The summed E-state index contributed by atoms with van der Waals surface area (Å²) >= 11 is 0. The van der Waals surface area contributed by atoms with Gasteiger partial charge in [0, 0.05) is 12.4 Å². The van der Waals surface area contributed by atoms with Crippen molar-refractivity contribution in [3.8, 4) is 11.6 Å². The highest BCUT2D eigenvalue weighted by Crippen LogP contribution is 2.26. The molecule has 0 radical (unpaired) electrons. The maximum Gasteiger partial charge on any atom is 0.254 e. The van der Waals surface area contributed by atoms with Crippen molar-refractivity contribution in [3.63, 3.8) is 0 Å². The lowest BCUT2D eigenvalue weighted by Gasteiger charge is -2.09. The quantitative estimate of drug-likeness (QED) is 0.490. The Morgan fingerprint density at radius 2 is 1.97 bits per heavy atom. The van der Waals surface area contributed by atoms with Crippen molar-refractivity contribution in [3.05, 3.63) is 77.6 Å². The monoisotopic (exact) mass is 424 g/mol. The maximum atomic E-state index is 14.5. The van der Waals surface area contributed by atoms with Gasteiger partial charge >= 0.3 is 0 Å². The molecule has 3 N–H and O–H groups in total. The predicted octanol–water partition coefficient (Wildman–Crippen LogP) is 2.47. The summed E-state index contributed by atoms with van der Waals surface area (Å²) in [6, 6.07) is 9.46. The maximum absolute atomic E-state index is 14.5. The first-order valence-corrected chi connectivity index (χ1v) is 8.92. The average Bonchev–Trinajstić information content (AvgIpc) is 3.14. The third-order valence-corrected chi connectivity index (χ3v) is 4.17. The molecule has 1 aromatic carbocycles. The number of carbonyl (C=O) groups is 2. The molecule has 11 heteroatoms. The standard InChI is InChI=1S/C20H14F2N6O3/c21-13-4-2-8-28-18(13)26-20(27-28)25-16(29)10-11-5-6-15(14(22)9-11)31-19-12(17(23)30)3-1-7-24-19/h1-9H,10H2,(H2,23,30)(H,25,27,29). The van der Waals surface area contributed by atoms with Gasteiger partial charge in [-0.1, -0.05) is 6.07 Å². The number of rotatable bonds is 6. The summed E-state index contributed by atoms with van der Waals surface area (Å²) in [4.78, 5) is 31.5. The first-order valence-electron chi connectivity index (χ1n) is 8.92. The third kappa shape index (κ3) is 4.29. The van der Waals surface area contributed by atoms with Crippen molar-refractivity contribution in [1.29, 1.82) is 0 Å². The van der Waals surface area contributed by atoms with E-state index in [1.807, 2.05) is 0 Å². The van der Waals surface area contributed by atoms with Crippen LogP contribution in [0.4, 0.5) is 14.7 Å². The first-order chi connectivity index (χ1) is 14.9. The molecule has 0 fully saturated rings. The number of aromatic nitrogens is 4. The molecule has 0 aliphatic heterocycles. The fourth-order valence-electron chi connectivity index (χ4n) is 2.78. The number of pyridine rings is 2. The zero-order valence-electron chi connectivity index (χ0n) is 15.8. The number of fused-ring (bicyclic) bond motifs is 1. The molecule has 3 aromatic heterocycles. The summed E-state index contributed by atoms with van der Waals surface area (Å²) < 4.78 is 34.7. The Balaban J connectivity index is 1.46. The van der Waals surface area contributed by atoms with Crippen LogP contribution in [0.25, 0.3) is 5.65 Å². The molecule has 2 amide bonds. The van der Waals surface area contributed by atoms with Crippen LogP contribution in [0.1, 0.15) is 15.9 Å². The fourth-order valence-corrected chi connectivity index (χ4v) is 2.78. The van der Waals surface area contributed by atoms with Gasteiger partial charge in [0.05, 0.1) is 6.42 Å². The largest absolute Gasteiger partial charge is 0.435 e. The smallest absolute Gasteiger partial charge is 0.254 e. The van der Waals surface area contributed by atoms with Crippen molar-refractivity contribution in [2.24, 2.45) is 5.73 Å². The van der Waals surface area contributed by atoms with Crippen molar-refractivity contribution in [1.82, 2.24) is 19.6 Å². The predicted molar refractivity (Wildman–Crippen MR) is 105 cm³/mol. The van der Waals surface area contributed by atoms with Crippen molar-refractivity contribution in [2.75, 3.05) is 5.32 Å². The fraction of sp³-hybridized carbons (Fsp3) is 0.0500. The minimum atomic E-state index is -0.766. The Kier molecular flexibility index (Phi) is 5.22. The Morgan fingerprint density at radius 3 is 2.71 bits per heavy atom. The van der Waals surface area contributed by atoms with Gasteiger partial charge in [0.25, 0.3) is 5.91 Å². The molecule has 0 bridgehead atoms. The van der Waals surface area contributed by atoms with E-state index in [4.69, 9.17) is 10.5 Å². The normalized spacial score (nSPS) is 10.8. The van der Waals surface area contributed by atoms with Crippen molar-refractivity contribution in [2.45, 2.75) is 6.42 Å². The number of nitrogens with zero attached hydrogens (tertiary/aromatic N) is 4. The van der Waals surface area contributed by atoms with Crippen LogP contribution in [0, 0.1) is 11.6 Å². The molecule has 0 unspecified atom stereocenters. The van der Waals surface area contributed by atoms with Crippen LogP contribution in [-0.4, -0.2) is 31.4 Å². The molecular weight excluding hydrogens is 410 g/mol. The number of amides is 2. The van der Waals surface area contributed by atoms with Gasteiger partial charge in [-0.25, -0.2) is 18.3 Å². The molecule has 156 valence electrons. The van der Waals surface area contributed by atoms with Gasteiger partial charge in [0.1, 0.15) is 5.56 Å². The van der Waals surface area contributed by atoms with Gasteiger partial charge in [0.15, 0.2) is 23.0 Å². The Labute approximate surface area is 173 Å². The minimum absolute atomic E-state index is 0.00162. The summed E-state index contributed by atoms with van der Waals surface area (Å²) in [6.07, 6.45) is 2.67. The van der Waals surface area contributed by atoms with Gasteiger partial charge in [-0.15, -0.1) is 5.10 Å². The SMILES string of the molecule is NC(=O)c1cccnc1Oc1ccc(CC(=O)Nc2nc3c(F)cccn3n2)cc1F. The van der Waals surface area contributed by atoms with Crippen molar-refractivity contribution < 1.29 is 23.1 Å². The molecule has 0 aliphatic carbocycles. The zero-order chi connectivity index (χ0) is 22.0. The minimum Gasteiger partial charge on any atom is -0.435 e. The second-order valence-electron chi connectivity index (χ2n) is 6.37. The van der Waals surface area contributed by atoms with Crippen LogP contribution >= 0.6 is 0 Å². The lowest BCUT2D eigenvalue weighted by Crippen LogP contribution is -2.15. The number of anilines is 1. The number of primary amides is 1. The summed E-state index contributed by atoms with van der Waals surface area (Å²) in [5.41, 5.74) is 5.56. The number of hydrogen-bond acceptors (Lipinski definition) is 6. The molecule has 0 spiro atoms. The van der Waals surface area contributed by atoms with Crippen LogP contribution in [0.15, 0.2) is 54.9 Å². The van der Waals surface area contributed by atoms with E-state index in [-0.39, 0.29) is 35.2 Å². The van der Waals surface area contributed by atoms with Crippen molar-refractivity contribution >= 4 is 23.4 Å². The van der Waals surface area contributed by atoms with E-state index in [1.165, 1.54) is 53.3 Å². The van der Waals surface area contributed by atoms with E-state index in [2.05, 4.69) is 20.4 Å². The molecule has 0 atom stereocenters. The van der Waals surface area contributed by atoms with E-state index < -0.39 is 23.4 Å². The van der Waals surface area contributed by atoms with Gasteiger partial charge in [0.2, 0.25) is 17.7 Å². The third-order valence-electron chi connectivity index (χ3n) is 4.17. The van der Waals surface area contributed by atoms with E-state index in [0.29, 0.717) is 5.56 Å². The van der Waals surface area contributed by atoms with Crippen LogP contribution in [0.5, 0.6) is 11.6 Å². The summed E-state index contributed by atoms with van der Waals surface area (Å²) in [7, 11) is 0. The summed E-state index contributed by atoms with van der Waals surface area (Å²) in [6.45, 7) is 0. The highest BCUT2D eigenvalue weighted by molar-refractivity contribution is 5.95. The topological polar surface area (TPSA) is 124 Å². The first kappa shape index (κ1) is 19.9. The molecule has 3 heterocycles. The molecular formula is C20H14F2N6O3. The number of nitrogens with one attached hydrogen (secondary N) is 1. The number of carbonyl (C=O) groups excluding carboxylic acids is 2. The lowest BCUT2D eigenvalue weighted by molar-refractivity contribution is -0.115. The highest BCUT2D eigenvalue weighted by Gasteiger charge is 2.15. The Hall–Kier alpha value is -4.41. The molecule has 0 saturated carbocycles. The van der Waals surface area contributed by atoms with Gasteiger partial charge in [-0.2, -0.15) is 4.98 Å². The van der Waals surface area contributed by atoms with Crippen LogP contribution in [0.2, 0.25) is 0 Å². The van der Waals surface area contributed by atoms with Gasteiger partial charge in [-0.05, 0) is 42.0 Å². The average molecular weight is 424 g/mol. The summed E-state index contributed by atoms with van der Waals surface area (Å²) in [5, 5.41) is 6.39. The number of nitrogens with two attached hydrogens (primary N) is 1. The van der Waals surface area contributed by atoms with Crippen LogP contribution in [-0.2, 0) is 11.2 Å². The van der Waals surface area contributed by atoms with E-state index in [0.717, 1.165) is 6.07 Å². The highest BCUT2D eigenvalue weighted by atomic mass is 19.1. The number of ether oxygens (including phenoxy) is 1. The second kappa shape index (κ2) is 8.14. The van der Waals surface area contributed by atoms with Crippen LogP contribution in [0.3, 0.4) is 0 Å². The number of benzene rings is 1. The molecule has 4 rings (SSSR count). The van der Waals surface area contributed by atoms with Gasteiger partial charge < -0.3 is 10.5 Å². The molecule has 0 aliphatic rings. The molecule has 9 nitrogen and oxygen atoms in total. The van der Waals surface area contributed by atoms with E-state index >= 15 is 0 Å². The Bertz CT molecular complexity index is 1310. The summed E-state index contributed by atoms with van der Waals surface area (Å²) in [5.74, 6) is -3.04. The molecule has 0 saturated heterocycles. The Morgan fingerprint density at radius 1 is 1.13 bits per heavy atom. The van der Waals surface area contributed by atoms with Crippen LogP contribution < -0.4 is 15.8 Å². The molecule has 4 aromatic rings. The van der Waals surface area contributed by atoms with E-state index in [9.17, 15) is 18.4 Å². The number of halogens is 2. The lowest BCUT2D eigenvalue weighted by atomic mass is 10.1. The van der Waals surface area contributed by atoms with Gasteiger partial charge in [-0.3, -0.25) is 14.9 Å². The second-order valence-corrected chi connectivity index (χ2v) is 6.37.